The van der Waals surface area contributed by atoms with Crippen LogP contribution in [0.1, 0.15) is 32.4 Å². The zero-order valence-electron chi connectivity index (χ0n) is 13.4. The number of benzene rings is 1. The summed E-state index contributed by atoms with van der Waals surface area (Å²) in [5.41, 5.74) is 0.399. The molecular formula is C15H19NO7. The van der Waals surface area contributed by atoms with Gasteiger partial charge in [0.15, 0.2) is 11.5 Å². The predicted octanol–water partition coefficient (Wildman–Crippen LogP) is 0.980. The first-order valence-electron chi connectivity index (χ1n) is 6.77. The summed E-state index contributed by atoms with van der Waals surface area (Å²) in [6.07, 6.45) is -1.01. The van der Waals surface area contributed by atoms with Crippen LogP contribution in [-0.4, -0.2) is 41.7 Å². The van der Waals surface area contributed by atoms with E-state index >= 15 is 0 Å². The van der Waals surface area contributed by atoms with E-state index in [9.17, 15) is 19.5 Å². The molecule has 1 unspecified atom stereocenters. The van der Waals surface area contributed by atoms with Gasteiger partial charge in [0, 0.05) is 27.8 Å². The summed E-state index contributed by atoms with van der Waals surface area (Å²) in [5, 5.41) is 11.3. The van der Waals surface area contributed by atoms with Crippen molar-refractivity contribution in [1.29, 1.82) is 0 Å². The summed E-state index contributed by atoms with van der Waals surface area (Å²) in [7, 11) is 1.49. The number of esters is 2. The molecule has 0 aliphatic rings. The standard InChI is InChI=1S/C15H19NO7/c1-9(17)21-14-6-5-12(7-15(14)22-10(2)18)13(20)8-16(4)23-11(3)19/h5-7,13,20H,8H2,1-4H3. The van der Waals surface area contributed by atoms with Crippen LogP contribution in [-0.2, 0) is 19.2 Å². The van der Waals surface area contributed by atoms with Gasteiger partial charge in [0.2, 0.25) is 0 Å². The minimum Gasteiger partial charge on any atom is -0.423 e. The largest absolute Gasteiger partial charge is 0.423 e. The molecule has 0 bridgehead atoms. The van der Waals surface area contributed by atoms with Crippen molar-refractivity contribution in [3.63, 3.8) is 0 Å². The van der Waals surface area contributed by atoms with E-state index in [-0.39, 0.29) is 18.0 Å². The van der Waals surface area contributed by atoms with Gasteiger partial charge < -0.3 is 19.4 Å². The lowest BCUT2D eigenvalue weighted by molar-refractivity contribution is -0.185. The maximum Gasteiger partial charge on any atom is 0.322 e. The van der Waals surface area contributed by atoms with Crippen LogP contribution in [0.2, 0.25) is 0 Å². The number of nitrogens with zero attached hydrogens (tertiary/aromatic N) is 1. The van der Waals surface area contributed by atoms with Gasteiger partial charge in [-0.15, -0.1) is 5.06 Å². The second-order valence-electron chi connectivity index (χ2n) is 4.80. The van der Waals surface area contributed by atoms with E-state index in [0.717, 1.165) is 0 Å². The molecule has 0 spiro atoms. The smallest absolute Gasteiger partial charge is 0.322 e. The third-order valence-corrected chi connectivity index (χ3v) is 2.57. The fourth-order valence-corrected chi connectivity index (χ4v) is 1.81. The van der Waals surface area contributed by atoms with Gasteiger partial charge in [-0.05, 0) is 17.7 Å². The highest BCUT2D eigenvalue weighted by Gasteiger charge is 2.17. The molecule has 0 heterocycles. The van der Waals surface area contributed by atoms with Crippen LogP contribution in [0.5, 0.6) is 11.5 Å². The van der Waals surface area contributed by atoms with E-state index in [2.05, 4.69) is 0 Å². The van der Waals surface area contributed by atoms with Gasteiger partial charge in [-0.3, -0.25) is 14.4 Å². The van der Waals surface area contributed by atoms with E-state index in [1.54, 1.807) is 0 Å². The quantitative estimate of drug-likeness (QED) is 0.469. The van der Waals surface area contributed by atoms with Gasteiger partial charge in [-0.25, -0.2) is 0 Å². The Morgan fingerprint density at radius 1 is 1.04 bits per heavy atom. The first kappa shape index (κ1) is 18.6. The number of aliphatic hydroxyl groups excluding tert-OH is 1. The van der Waals surface area contributed by atoms with Crippen LogP contribution in [0.3, 0.4) is 0 Å². The molecule has 0 saturated carbocycles. The summed E-state index contributed by atoms with van der Waals surface area (Å²) in [6.45, 7) is 3.67. The van der Waals surface area contributed by atoms with E-state index in [1.165, 1.54) is 51.1 Å². The highest BCUT2D eigenvalue weighted by molar-refractivity contribution is 5.73. The summed E-state index contributed by atoms with van der Waals surface area (Å²) < 4.78 is 9.92. The topological polar surface area (TPSA) is 102 Å². The molecule has 1 aromatic rings. The SMILES string of the molecule is CC(=O)Oc1ccc(C(O)CN(C)OC(C)=O)cc1OC(C)=O. The minimum absolute atomic E-state index is 0.00596. The van der Waals surface area contributed by atoms with Gasteiger partial charge >= 0.3 is 17.9 Å². The second-order valence-corrected chi connectivity index (χ2v) is 4.80. The molecule has 1 aromatic carbocycles. The van der Waals surface area contributed by atoms with Crippen LogP contribution < -0.4 is 9.47 Å². The van der Waals surface area contributed by atoms with Gasteiger partial charge in [0.05, 0.1) is 12.6 Å². The molecule has 0 aliphatic heterocycles. The molecule has 23 heavy (non-hydrogen) atoms. The summed E-state index contributed by atoms with van der Waals surface area (Å²) in [5.74, 6) is -1.59. The van der Waals surface area contributed by atoms with E-state index in [1.807, 2.05) is 0 Å². The minimum atomic E-state index is -1.01. The van der Waals surface area contributed by atoms with Crippen molar-refractivity contribution in [2.24, 2.45) is 0 Å². The predicted molar refractivity (Wildman–Crippen MR) is 78.4 cm³/mol. The summed E-state index contributed by atoms with van der Waals surface area (Å²) in [6, 6.07) is 4.30. The average Bonchev–Trinajstić information content (AvgIpc) is 2.38. The average molecular weight is 325 g/mol. The van der Waals surface area contributed by atoms with E-state index < -0.39 is 24.0 Å². The number of hydrogen-bond acceptors (Lipinski definition) is 8. The fraction of sp³-hybridized carbons (Fsp3) is 0.400. The molecule has 8 heteroatoms. The Morgan fingerprint density at radius 2 is 1.61 bits per heavy atom. The number of hydrogen-bond donors (Lipinski definition) is 1. The molecule has 126 valence electrons. The van der Waals surface area contributed by atoms with Crippen LogP contribution in [0, 0.1) is 0 Å². The van der Waals surface area contributed by atoms with Crippen LogP contribution in [0.15, 0.2) is 18.2 Å². The van der Waals surface area contributed by atoms with Crippen LogP contribution in [0.4, 0.5) is 0 Å². The molecule has 0 aromatic heterocycles. The zero-order valence-corrected chi connectivity index (χ0v) is 13.4. The van der Waals surface area contributed by atoms with Crippen molar-refractivity contribution in [3.05, 3.63) is 23.8 Å². The maximum absolute atomic E-state index is 11.1. The molecule has 0 radical (unpaired) electrons. The van der Waals surface area contributed by atoms with Crippen LogP contribution in [0.25, 0.3) is 0 Å². The Kier molecular flexibility index (Phi) is 6.67. The molecule has 0 amide bonds. The lowest BCUT2D eigenvalue weighted by Gasteiger charge is -2.20. The maximum atomic E-state index is 11.1. The molecule has 0 aliphatic carbocycles. The van der Waals surface area contributed by atoms with Crippen molar-refractivity contribution >= 4 is 17.9 Å². The Bertz CT molecular complexity index is 599. The number of likely N-dealkylation sites (N-methyl/N-ethyl adjacent to an activating group) is 1. The van der Waals surface area contributed by atoms with Crippen molar-refractivity contribution in [2.75, 3.05) is 13.6 Å². The first-order chi connectivity index (χ1) is 10.7. The summed E-state index contributed by atoms with van der Waals surface area (Å²) >= 11 is 0. The van der Waals surface area contributed by atoms with Gasteiger partial charge in [0.25, 0.3) is 0 Å². The first-order valence-corrected chi connectivity index (χ1v) is 6.77. The van der Waals surface area contributed by atoms with Crippen LogP contribution >= 0.6 is 0 Å². The molecule has 1 N–H and O–H groups in total. The molecule has 0 saturated heterocycles. The highest BCUT2D eigenvalue weighted by atomic mass is 16.7. The monoisotopic (exact) mass is 325 g/mol. The van der Waals surface area contributed by atoms with Gasteiger partial charge in [-0.1, -0.05) is 6.07 Å². The molecule has 0 fully saturated rings. The third-order valence-electron chi connectivity index (χ3n) is 2.57. The Balaban J connectivity index is 2.96. The summed E-state index contributed by atoms with van der Waals surface area (Å²) in [4.78, 5) is 37.8. The number of ether oxygens (including phenoxy) is 2. The van der Waals surface area contributed by atoms with E-state index in [4.69, 9.17) is 14.3 Å². The lowest BCUT2D eigenvalue weighted by Crippen LogP contribution is -2.27. The highest BCUT2D eigenvalue weighted by Crippen LogP contribution is 2.31. The van der Waals surface area contributed by atoms with Crippen molar-refractivity contribution in [2.45, 2.75) is 26.9 Å². The number of hydroxylamine groups is 2. The Hall–Kier alpha value is -2.45. The van der Waals surface area contributed by atoms with Crippen molar-refractivity contribution < 1.29 is 33.8 Å². The molecule has 8 nitrogen and oxygen atoms in total. The number of carbonyl (C=O) groups excluding carboxylic acids is 3. The number of rotatable bonds is 6. The second kappa shape index (κ2) is 8.25. The normalized spacial score (nSPS) is 11.7. The van der Waals surface area contributed by atoms with Gasteiger partial charge in [-0.2, -0.15) is 0 Å². The Labute approximate surface area is 133 Å². The van der Waals surface area contributed by atoms with Crippen molar-refractivity contribution in [1.82, 2.24) is 5.06 Å². The van der Waals surface area contributed by atoms with E-state index in [0.29, 0.717) is 5.56 Å². The number of aliphatic hydroxyl groups is 1. The third kappa shape index (κ3) is 6.45. The van der Waals surface area contributed by atoms with Crippen molar-refractivity contribution in [3.8, 4) is 11.5 Å². The molecule has 1 rings (SSSR count). The molecule has 1 atom stereocenters. The number of carbonyl (C=O) groups is 3. The van der Waals surface area contributed by atoms with Gasteiger partial charge in [0.1, 0.15) is 0 Å². The fourth-order valence-electron chi connectivity index (χ4n) is 1.81. The lowest BCUT2D eigenvalue weighted by atomic mass is 10.1. The Morgan fingerprint density at radius 3 is 2.13 bits per heavy atom. The molecular weight excluding hydrogens is 306 g/mol. The zero-order chi connectivity index (χ0) is 17.6.